The summed E-state index contributed by atoms with van der Waals surface area (Å²) < 4.78 is 6.88. The number of esters is 1. The number of nitrogens with one attached hydrogen (secondary N) is 1. The molecule has 0 radical (unpaired) electrons. The standard InChI is InChI=1S/C20H20Cl2N4O3S2/c1-5-29-19(28)16-10(2)11(3)31-18(16)23-15(27)9-30-20-25-24-17(26(20)4)13-7-6-12(21)8-14(13)22/h6-8H,5,9H2,1-4H3,(H,23,27). The van der Waals surface area contributed by atoms with Gasteiger partial charge in [-0.1, -0.05) is 35.0 Å². The molecule has 0 aliphatic rings. The van der Waals surface area contributed by atoms with Gasteiger partial charge in [-0.15, -0.1) is 21.5 Å². The lowest BCUT2D eigenvalue weighted by Crippen LogP contribution is -2.16. The van der Waals surface area contributed by atoms with E-state index in [4.69, 9.17) is 27.9 Å². The van der Waals surface area contributed by atoms with E-state index in [0.717, 1.165) is 10.4 Å². The molecule has 0 spiro atoms. The van der Waals surface area contributed by atoms with Gasteiger partial charge in [-0.05, 0) is 44.5 Å². The molecule has 0 fully saturated rings. The maximum absolute atomic E-state index is 12.5. The second kappa shape index (κ2) is 10.0. The van der Waals surface area contributed by atoms with Crippen molar-refractivity contribution < 1.29 is 14.3 Å². The normalized spacial score (nSPS) is 10.9. The number of ether oxygens (including phenoxy) is 1. The first-order chi connectivity index (χ1) is 14.7. The quantitative estimate of drug-likeness (QED) is 0.347. The topological polar surface area (TPSA) is 86.1 Å². The number of nitrogens with zero attached hydrogens (tertiary/aromatic N) is 3. The van der Waals surface area contributed by atoms with Crippen LogP contribution in [-0.2, 0) is 16.6 Å². The summed E-state index contributed by atoms with van der Waals surface area (Å²) in [6.07, 6.45) is 0. The number of benzene rings is 1. The molecular formula is C20H20Cl2N4O3S2. The predicted molar refractivity (Wildman–Crippen MR) is 126 cm³/mol. The minimum absolute atomic E-state index is 0.0958. The van der Waals surface area contributed by atoms with Crippen LogP contribution in [-0.4, -0.2) is 39.0 Å². The summed E-state index contributed by atoms with van der Waals surface area (Å²) in [5, 5.41) is 13.2. The molecule has 0 saturated carbocycles. The molecule has 0 unspecified atom stereocenters. The van der Waals surface area contributed by atoms with Crippen molar-refractivity contribution in [3.8, 4) is 11.4 Å². The molecule has 164 valence electrons. The molecule has 2 heterocycles. The van der Waals surface area contributed by atoms with Crippen molar-refractivity contribution in [3.05, 3.63) is 44.2 Å². The molecule has 0 atom stereocenters. The van der Waals surface area contributed by atoms with E-state index in [2.05, 4.69) is 15.5 Å². The van der Waals surface area contributed by atoms with Crippen LogP contribution in [0.15, 0.2) is 23.4 Å². The molecule has 0 bridgehead atoms. The first-order valence-corrected chi connectivity index (χ1v) is 11.8. The number of hydrogen-bond acceptors (Lipinski definition) is 7. The summed E-state index contributed by atoms with van der Waals surface area (Å²) in [4.78, 5) is 25.8. The van der Waals surface area contributed by atoms with Gasteiger partial charge >= 0.3 is 5.97 Å². The van der Waals surface area contributed by atoms with Crippen LogP contribution in [0, 0.1) is 13.8 Å². The van der Waals surface area contributed by atoms with Gasteiger partial charge in [0, 0.05) is 22.5 Å². The number of amides is 1. The van der Waals surface area contributed by atoms with E-state index < -0.39 is 5.97 Å². The van der Waals surface area contributed by atoms with Crippen molar-refractivity contribution in [2.75, 3.05) is 17.7 Å². The summed E-state index contributed by atoms with van der Waals surface area (Å²) in [7, 11) is 1.80. The van der Waals surface area contributed by atoms with Crippen LogP contribution in [0.25, 0.3) is 11.4 Å². The average Bonchev–Trinajstić information content (AvgIpc) is 3.19. The first kappa shape index (κ1) is 23.6. The lowest BCUT2D eigenvalue weighted by Gasteiger charge is -2.08. The number of rotatable bonds is 7. The van der Waals surface area contributed by atoms with Gasteiger partial charge < -0.3 is 14.6 Å². The molecule has 1 aromatic carbocycles. The van der Waals surface area contributed by atoms with Gasteiger partial charge in [0.05, 0.1) is 22.9 Å². The van der Waals surface area contributed by atoms with Crippen molar-refractivity contribution in [1.29, 1.82) is 0 Å². The van der Waals surface area contributed by atoms with Crippen LogP contribution in [0.3, 0.4) is 0 Å². The lowest BCUT2D eigenvalue weighted by atomic mass is 10.1. The number of thioether (sulfide) groups is 1. The number of carbonyl (C=O) groups excluding carboxylic acids is 2. The van der Waals surface area contributed by atoms with E-state index in [0.29, 0.717) is 37.2 Å². The highest BCUT2D eigenvalue weighted by molar-refractivity contribution is 7.99. The fourth-order valence-electron chi connectivity index (χ4n) is 2.80. The molecule has 11 heteroatoms. The van der Waals surface area contributed by atoms with Crippen LogP contribution in [0.5, 0.6) is 0 Å². The maximum atomic E-state index is 12.5. The van der Waals surface area contributed by atoms with Crippen LogP contribution >= 0.6 is 46.3 Å². The Morgan fingerprint density at radius 1 is 1.26 bits per heavy atom. The molecule has 0 saturated heterocycles. The Kier molecular flexibility index (Phi) is 7.64. The fraction of sp³-hybridized carbons (Fsp3) is 0.300. The highest BCUT2D eigenvalue weighted by Crippen LogP contribution is 2.34. The maximum Gasteiger partial charge on any atom is 0.341 e. The van der Waals surface area contributed by atoms with Gasteiger partial charge in [0.25, 0.3) is 0 Å². The Bertz CT molecular complexity index is 1140. The second-order valence-electron chi connectivity index (χ2n) is 6.53. The van der Waals surface area contributed by atoms with E-state index in [1.165, 1.54) is 23.1 Å². The highest BCUT2D eigenvalue weighted by atomic mass is 35.5. The zero-order valence-corrected chi connectivity index (χ0v) is 20.4. The molecule has 3 aromatic rings. The van der Waals surface area contributed by atoms with Crippen LogP contribution in [0.2, 0.25) is 10.0 Å². The zero-order valence-electron chi connectivity index (χ0n) is 17.3. The van der Waals surface area contributed by atoms with Gasteiger partial charge in [-0.2, -0.15) is 0 Å². The Hall–Kier alpha value is -2.07. The third-order valence-corrected chi connectivity index (χ3v) is 7.15. The molecule has 31 heavy (non-hydrogen) atoms. The Labute approximate surface area is 198 Å². The number of thiophene rings is 1. The molecule has 0 aliphatic carbocycles. The Morgan fingerprint density at radius 2 is 2.00 bits per heavy atom. The second-order valence-corrected chi connectivity index (χ2v) is 9.54. The number of aromatic nitrogens is 3. The largest absolute Gasteiger partial charge is 0.462 e. The number of anilines is 1. The molecule has 2 aromatic heterocycles. The van der Waals surface area contributed by atoms with Crippen molar-refractivity contribution in [3.63, 3.8) is 0 Å². The van der Waals surface area contributed by atoms with Crippen molar-refractivity contribution in [2.24, 2.45) is 7.05 Å². The summed E-state index contributed by atoms with van der Waals surface area (Å²) in [5.74, 6) is -0.0341. The van der Waals surface area contributed by atoms with E-state index in [9.17, 15) is 9.59 Å². The van der Waals surface area contributed by atoms with E-state index in [-0.39, 0.29) is 18.3 Å². The number of halogens is 2. The summed E-state index contributed by atoms with van der Waals surface area (Å²) >= 11 is 14.8. The molecule has 0 aliphatic heterocycles. The highest BCUT2D eigenvalue weighted by Gasteiger charge is 2.22. The molecule has 1 amide bonds. The predicted octanol–water partition coefficient (Wildman–Crippen LogP) is 5.37. The van der Waals surface area contributed by atoms with E-state index in [1.807, 2.05) is 13.8 Å². The lowest BCUT2D eigenvalue weighted by molar-refractivity contribution is -0.113. The van der Waals surface area contributed by atoms with Crippen LogP contribution < -0.4 is 5.32 Å². The van der Waals surface area contributed by atoms with Gasteiger partial charge in [0.15, 0.2) is 11.0 Å². The van der Waals surface area contributed by atoms with Gasteiger partial charge in [0.1, 0.15) is 5.00 Å². The van der Waals surface area contributed by atoms with E-state index in [1.54, 1.807) is 36.7 Å². The minimum atomic E-state index is -0.440. The number of carbonyl (C=O) groups is 2. The number of hydrogen-bond donors (Lipinski definition) is 1. The Morgan fingerprint density at radius 3 is 2.68 bits per heavy atom. The van der Waals surface area contributed by atoms with Crippen molar-refractivity contribution in [1.82, 2.24) is 14.8 Å². The van der Waals surface area contributed by atoms with E-state index >= 15 is 0 Å². The summed E-state index contributed by atoms with van der Waals surface area (Å²) in [5.41, 5.74) is 1.91. The third-order valence-electron chi connectivity index (χ3n) is 4.46. The monoisotopic (exact) mass is 498 g/mol. The van der Waals surface area contributed by atoms with Crippen LogP contribution in [0.4, 0.5) is 5.00 Å². The SMILES string of the molecule is CCOC(=O)c1c(NC(=O)CSc2nnc(-c3ccc(Cl)cc3Cl)n2C)sc(C)c1C. The van der Waals surface area contributed by atoms with Crippen molar-refractivity contribution >= 4 is 63.2 Å². The molecule has 1 N–H and O–H groups in total. The average molecular weight is 499 g/mol. The third kappa shape index (κ3) is 5.23. The molecule has 7 nitrogen and oxygen atoms in total. The Balaban J connectivity index is 1.71. The number of aryl methyl sites for hydroxylation is 1. The van der Waals surface area contributed by atoms with Crippen molar-refractivity contribution in [2.45, 2.75) is 25.9 Å². The van der Waals surface area contributed by atoms with Gasteiger partial charge in [-0.3, -0.25) is 4.79 Å². The zero-order chi connectivity index (χ0) is 22.7. The van der Waals surface area contributed by atoms with Gasteiger partial charge in [-0.25, -0.2) is 4.79 Å². The minimum Gasteiger partial charge on any atom is -0.462 e. The molecular weight excluding hydrogens is 479 g/mol. The van der Waals surface area contributed by atoms with Gasteiger partial charge in [0.2, 0.25) is 5.91 Å². The van der Waals surface area contributed by atoms with Crippen LogP contribution in [0.1, 0.15) is 27.7 Å². The fourth-order valence-corrected chi connectivity index (χ4v) is 5.07. The molecule has 3 rings (SSSR count). The smallest absolute Gasteiger partial charge is 0.341 e. The summed E-state index contributed by atoms with van der Waals surface area (Å²) in [6.45, 7) is 5.75. The summed E-state index contributed by atoms with van der Waals surface area (Å²) in [6, 6.07) is 5.14. The first-order valence-electron chi connectivity index (χ1n) is 9.27.